The third-order valence-corrected chi connectivity index (χ3v) is 1.60. The molecular weight excluding hydrogens is 182 g/mol. The topological polar surface area (TPSA) is 12.0 Å². The Balaban J connectivity index is -0.0000000610. The first kappa shape index (κ1) is 24.1. The molecule has 0 heterocycles. The van der Waals surface area contributed by atoms with Gasteiger partial charge in [0, 0.05) is 0 Å². The molecule has 15 heavy (non-hydrogen) atoms. The number of rotatable bonds is 4. The van der Waals surface area contributed by atoms with Crippen molar-refractivity contribution in [2.45, 2.75) is 60.8 Å². The van der Waals surface area contributed by atoms with Crippen LogP contribution in [0, 0.1) is 5.92 Å². The van der Waals surface area contributed by atoms with E-state index in [1.54, 1.807) is 0 Å². The molecule has 0 aliphatic rings. The van der Waals surface area contributed by atoms with Crippen LogP contribution >= 0.6 is 0 Å². The molecule has 96 valence electrons. The zero-order valence-electron chi connectivity index (χ0n) is 12.3. The van der Waals surface area contributed by atoms with Crippen LogP contribution in [0.5, 0.6) is 0 Å². The highest BCUT2D eigenvalue weighted by molar-refractivity contribution is 4.35. The van der Waals surface area contributed by atoms with E-state index in [1.165, 1.54) is 19.3 Å². The molecule has 0 fully saturated rings. The minimum absolute atomic E-state index is 0.884. The largest absolute Gasteiger partial charge is 0.320 e. The van der Waals surface area contributed by atoms with Gasteiger partial charge in [-0.05, 0) is 25.9 Å². The summed E-state index contributed by atoms with van der Waals surface area (Å²) < 4.78 is 0. The van der Waals surface area contributed by atoms with Gasteiger partial charge in [0.05, 0.1) is 0 Å². The van der Waals surface area contributed by atoms with E-state index in [9.17, 15) is 0 Å². The summed E-state index contributed by atoms with van der Waals surface area (Å²) in [6, 6.07) is 0. The summed E-state index contributed by atoms with van der Waals surface area (Å²) in [5.41, 5.74) is 0. The van der Waals surface area contributed by atoms with E-state index in [-0.39, 0.29) is 0 Å². The van der Waals surface area contributed by atoms with Crippen LogP contribution in [-0.2, 0) is 0 Å². The normalized spacial score (nSPS) is 7.47. The molecule has 0 aliphatic heterocycles. The van der Waals surface area contributed by atoms with Crippen LogP contribution in [0.2, 0.25) is 0 Å². The van der Waals surface area contributed by atoms with Crippen molar-refractivity contribution in [1.29, 1.82) is 0 Å². The SMILES string of the molecule is C=C.CC.CCC(C)C.CCCCNC. The smallest absolute Gasteiger partial charge is 0.00520 e. The molecule has 0 aromatic carbocycles. The Morgan fingerprint density at radius 2 is 1.40 bits per heavy atom. The van der Waals surface area contributed by atoms with Crippen molar-refractivity contribution >= 4 is 0 Å². The minimum Gasteiger partial charge on any atom is -0.320 e. The maximum absolute atomic E-state index is 3.07. The lowest BCUT2D eigenvalue weighted by atomic mass is 10.2. The molecule has 0 saturated heterocycles. The summed E-state index contributed by atoms with van der Waals surface area (Å²) in [6.07, 6.45) is 3.90. The average Bonchev–Trinajstić information content (AvgIpc) is 2.32. The summed E-state index contributed by atoms with van der Waals surface area (Å²) in [6.45, 7) is 20.0. The predicted octanol–water partition coefficient (Wildman–Crippen LogP) is 4.89. The number of hydrogen-bond acceptors (Lipinski definition) is 1. The summed E-state index contributed by atoms with van der Waals surface area (Å²) >= 11 is 0. The molecule has 0 atom stereocenters. The molecule has 0 radical (unpaired) electrons. The number of unbranched alkanes of at least 4 members (excludes halogenated alkanes) is 1. The van der Waals surface area contributed by atoms with Gasteiger partial charge in [0.2, 0.25) is 0 Å². The maximum atomic E-state index is 3.07. The molecule has 1 heteroatoms. The predicted molar refractivity (Wildman–Crippen MR) is 76.6 cm³/mol. The first-order chi connectivity index (χ1) is 7.18. The zero-order valence-corrected chi connectivity index (χ0v) is 12.3. The van der Waals surface area contributed by atoms with E-state index in [4.69, 9.17) is 0 Å². The van der Waals surface area contributed by atoms with Crippen molar-refractivity contribution < 1.29 is 0 Å². The molecule has 0 aromatic rings. The molecule has 0 rings (SSSR count). The Bertz CT molecular complexity index is 56.4. The van der Waals surface area contributed by atoms with Gasteiger partial charge >= 0.3 is 0 Å². The third-order valence-electron chi connectivity index (χ3n) is 1.60. The van der Waals surface area contributed by atoms with Gasteiger partial charge in [-0.1, -0.05) is 54.4 Å². The van der Waals surface area contributed by atoms with Crippen LogP contribution in [0.25, 0.3) is 0 Å². The Morgan fingerprint density at radius 1 is 1.07 bits per heavy atom. The molecular formula is C14H35N. The van der Waals surface area contributed by atoms with Gasteiger partial charge in [-0.2, -0.15) is 0 Å². The Labute approximate surface area is 99.4 Å². The van der Waals surface area contributed by atoms with E-state index in [2.05, 4.69) is 46.2 Å². The van der Waals surface area contributed by atoms with Gasteiger partial charge in [-0.3, -0.25) is 0 Å². The molecule has 1 nitrogen and oxygen atoms in total. The standard InChI is InChI=1S/C5H13N.C5H12.C2H6.C2H4/c1-3-4-5-6-2;1-4-5(2)3;2*1-2/h6H,3-5H2,1-2H3;5H,4H2,1-3H3;1-2H3;1-2H2. The van der Waals surface area contributed by atoms with E-state index in [0.717, 1.165) is 12.5 Å². The van der Waals surface area contributed by atoms with Gasteiger partial charge < -0.3 is 5.32 Å². The van der Waals surface area contributed by atoms with Crippen molar-refractivity contribution in [3.63, 3.8) is 0 Å². The van der Waals surface area contributed by atoms with Crippen LogP contribution in [0.15, 0.2) is 13.2 Å². The van der Waals surface area contributed by atoms with Crippen molar-refractivity contribution in [1.82, 2.24) is 5.32 Å². The first-order valence-corrected chi connectivity index (χ1v) is 6.33. The second kappa shape index (κ2) is 37.3. The molecule has 0 spiro atoms. The van der Waals surface area contributed by atoms with Crippen LogP contribution in [0.1, 0.15) is 60.8 Å². The van der Waals surface area contributed by atoms with Crippen LogP contribution in [0.4, 0.5) is 0 Å². The minimum atomic E-state index is 0.884. The van der Waals surface area contributed by atoms with Crippen LogP contribution in [-0.4, -0.2) is 13.6 Å². The summed E-state index contributed by atoms with van der Waals surface area (Å²) in [7, 11) is 1.98. The van der Waals surface area contributed by atoms with Crippen molar-refractivity contribution in [2.75, 3.05) is 13.6 Å². The molecule has 0 unspecified atom stereocenters. The van der Waals surface area contributed by atoms with Crippen molar-refractivity contribution in [3.05, 3.63) is 13.2 Å². The lowest BCUT2D eigenvalue weighted by Gasteiger charge is -1.90. The van der Waals surface area contributed by atoms with Crippen molar-refractivity contribution in [3.8, 4) is 0 Å². The third kappa shape index (κ3) is 84.9. The highest BCUT2D eigenvalue weighted by Crippen LogP contribution is 1.93. The van der Waals surface area contributed by atoms with E-state index < -0.39 is 0 Å². The molecule has 1 N–H and O–H groups in total. The summed E-state index contributed by atoms with van der Waals surface area (Å²) in [4.78, 5) is 0. The highest BCUT2D eigenvalue weighted by atomic mass is 14.8. The number of nitrogens with one attached hydrogen (secondary N) is 1. The van der Waals surface area contributed by atoms with Crippen LogP contribution in [0.3, 0.4) is 0 Å². The molecule has 0 aromatic heterocycles. The summed E-state index contributed by atoms with van der Waals surface area (Å²) in [5, 5.41) is 3.07. The van der Waals surface area contributed by atoms with E-state index in [0.29, 0.717) is 0 Å². The molecule has 0 amide bonds. The highest BCUT2D eigenvalue weighted by Gasteiger charge is 1.80. The first-order valence-electron chi connectivity index (χ1n) is 6.33. The summed E-state index contributed by atoms with van der Waals surface area (Å²) in [5.74, 6) is 0.884. The molecule has 0 bridgehead atoms. The van der Waals surface area contributed by atoms with Gasteiger partial charge in [0.25, 0.3) is 0 Å². The van der Waals surface area contributed by atoms with Crippen LogP contribution < -0.4 is 5.32 Å². The fourth-order valence-corrected chi connectivity index (χ4v) is 0.354. The van der Waals surface area contributed by atoms with Gasteiger partial charge in [-0.25, -0.2) is 0 Å². The lowest BCUT2D eigenvalue weighted by Crippen LogP contribution is -2.06. The average molecular weight is 217 g/mol. The van der Waals surface area contributed by atoms with E-state index >= 15 is 0 Å². The Morgan fingerprint density at radius 3 is 1.47 bits per heavy atom. The fourth-order valence-electron chi connectivity index (χ4n) is 0.354. The fraction of sp³-hybridized carbons (Fsp3) is 0.857. The van der Waals surface area contributed by atoms with E-state index in [1.807, 2.05) is 20.9 Å². The Hall–Kier alpha value is -0.300. The molecule has 0 aliphatic carbocycles. The Kier molecular flexibility index (Phi) is 59.9. The number of hydrogen-bond donors (Lipinski definition) is 1. The van der Waals surface area contributed by atoms with Gasteiger partial charge in [0.15, 0.2) is 0 Å². The maximum Gasteiger partial charge on any atom is -0.00520 e. The van der Waals surface area contributed by atoms with Gasteiger partial charge in [0.1, 0.15) is 0 Å². The second-order valence-corrected chi connectivity index (χ2v) is 3.26. The lowest BCUT2D eigenvalue weighted by molar-refractivity contribution is 0.626. The quantitative estimate of drug-likeness (QED) is 0.522. The second-order valence-electron chi connectivity index (χ2n) is 3.26. The molecule has 0 saturated carbocycles. The monoisotopic (exact) mass is 217 g/mol. The zero-order chi connectivity index (χ0) is 13.1. The van der Waals surface area contributed by atoms with Gasteiger partial charge in [-0.15, -0.1) is 13.2 Å². The van der Waals surface area contributed by atoms with Crippen molar-refractivity contribution in [2.24, 2.45) is 5.92 Å².